The molecule has 6 rings (SSSR count). The lowest BCUT2D eigenvalue weighted by atomic mass is 9.98. The molecule has 4 heterocycles. The molecule has 10 nitrogen and oxygen atoms in total. The highest BCUT2D eigenvalue weighted by Gasteiger charge is 2.39. The van der Waals surface area contributed by atoms with Crippen molar-refractivity contribution in [1.82, 2.24) is 10.3 Å². The van der Waals surface area contributed by atoms with Crippen LogP contribution in [-0.2, 0) is 9.47 Å². The molecule has 0 radical (unpaired) electrons. The number of nitriles is 1. The summed E-state index contributed by atoms with van der Waals surface area (Å²) < 4.78 is 28.6. The molecule has 4 aromatic rings. The van der Waals surface area contributed by atoms with Crippen LogP contribution in [0.25, 0.3) is 33.6 Å². The number of ether oxygens (including phenoxy) is 4. The highest BCUT2D eigenvalue weighted by Crippen LogP contribution is 2.38. The second-order valence-corrected chi connectivity index (χ2v) is 10.2. The molecule has 0 spiro atoms. The number of methoxy groups -OCH3 is 1. The Bertz CT molecular complexity index is 1630. The minimum atomic E-state index is -0.760. The summed E-state index contributed by atoms with van der Waals surface area (Å²) in [6, 6.07) is 16.5. The maximum absolute atomic E-state index is 12.9. The monoisotopic (exact) mass is 555 g/mol. The molecule has 0 atom stereocenters. The third kappa shape index (κ3) is 5.23. The Balaban J connectivity index is 1.30. The molecule has 0 aliphatic carbocycles. The predicted molar refractivity (Wildman–Crippen MR) is 149 cm³/mol. The van der Waals surface area contributed by atoms with Crippen molar-refractivity contribution in [2.75, 3.05) is 40.1 Å². The molecule has 1 amide bonds. The van der Waals surface area contributed by atoms with Gasteiger partial charge in [0.2, 0.25) is 0 Å². The van der Waals surface area contributed by atoms with Crippen LogP contribution in [0.1, 0.15) is 28.8 Å². The second kappa shape index (κ2) is 11.2. The Morgan fingerprint density at radius 3 is 2.63 bits per heavy atom. The van der Waals surface area contributed by atoms with Crippen molar-refractivity contribution < 1.29 is 33.3 Å². The van der Waals surface area contributed by atoms with Gasteiger partial charge in [0.15, 0.2) is 5.58 Å². The van der Waals surface area contributed by atoms with Gasteiger partial charge >= 0.3 is 0 Å². The maximum Gasteiger partial charge on any atom is 0.252 e. The van der Waals surface area contributed by atoms with E-state index in [1.54, 1.807) is 30.5 Å². The number of carbonyl (C=O) groups is 1. The summed E-state index contributed by atoms with van der Waals surface area (Å²) in [6.45, 7) is 1.63. The molecule has 2 aliphatic rings. The van der Waals surface area contributed by atoms with Crippen molar-refractivity contribution in [3.63, 3.8) is 0 Å². The first-order valence-corrected chi connectivity index (χ1v) is 13.4. The molecule has 2 aromatic heterocycles. The number of nitrogens with zero attached hydrogens (tertiary/aromatic N) is 2. The number of benzene rings is 2. The van der Waals surface area contributed by atoms with E-state index in [0.717, 1.165) is 24.0 Å². The minimum absolute atomic E-state index is 0.0254. The molecule has 2 saturated heterocycles. The largest absolute Gasteiger partial charge is 0.496 e. The topological polar surface area (TPSA) is 136 Å². The van der Waals surface area contributed by atoms with Crippen LogP contribution in [0.5, 0.6) is 11.5 Å². The van der Waals surface area contributed by atoms with Gasteiger partial charge in [0.25, 0.3) is 5.91 Å². The van der Waals surface area contributed by atoms with E-state index in [4.69, 9.17) is 23.4 Å². The van der Waals surface area contributed by atoms with E-state index in [1.807, 2.05) is 24.3 Å². The lowest BCUT2D eigenvalue weighted by molar-refractivity contribution is -0.0919. The molecule has 2 N–H and O–H groups in total. The summed E-state index contributed by atoms with van der Waals surface area (Å²) in [6.07, 6.45) is 3.31. The number of amides is 1. The van der Waals surface area contributed by atoms with Gasteiger partial charge in [0.05, 0.1) is 51.3 Å². The Labute approximate surface area is 236 Å². The van der Waals surface area contributed by atoms with Gasteiger partial charge < -0.3 is 33.8 Å². The summed E-state index contributed by atoms with van der Waals surface area (Å²) in [5.41, 5.74) is 3.48. The van der Waals surface area contributed by atoms with E-state index in [1.165, 1.54) is 7.11 Å². The first-order chi connectivity index (χ1) is 20.0. The summed E-state index contributed by atoms with van der Waals surface area (Å²) in [7, 11) is 1.52. The van der Waals surface area contributed by atoms with E-state index < -0.39 is 5.54 Å². The number of hydrogen-bond acceptors (Lipinski definition) is 9. The lowest BCUT2D eigenvalue weighted by Crippen LogP contribution is -2.64. The zero-order chi connectivity index (χ0) is 28.4. The van der Waals surface area contributed by atoms with Crippen molar-refractivity contribution in [3.05, 3.63) is 65.9 Å². The number of carbonyl (C=O) groups excluding carboxylic acids is 1. The fourth-order valence-corrected chi connectivity index (χ4v) is 5.06. The number of aliphatic hydroxyl groups is 1. The number of rotatable bonds is 8. The van der Waals surface area contributed by atoms with Gasteiger partial charge in [-0.05, 0) is 42.0 Å². The molecule has 10 heteroatoms. The highest BCUT2D eigenvalue weighted by atomic mass is 16.5. The Hall–Kier alpha value is -4.43. The molecular weight excluding hydrogens is 526 g/mol. The summed E-state index contributed by atoms with van der Waals surface area (Å²) in [5, 5.41) is 22.3. The molecule has 210 valence electrons. The fourth-order valence-electron chi connectivity index (χ4n) is 5.06. The van der Waals surface area contributed by atoms with Crippen LogP contribution in [0.4, 0.5) is 0 Å². The Morgan fingerprint density at radius 2 is 1.93 bits per heavy atom. The normalized spacial score (nSPS) is 16.5. The lowest BCUT2D eigenvalue weighted by Gasteiger charge is -2.40. The Kier molecular flexibility index (Phi) is 7.32. The average Bonchev–Trinajstić information content (AvgIpc) is 3.44. The van der Waals surface area contributed by atoms with Crippen LogP contribution in [-0.4, -0.2) is 67.8 Å². The predicted octanol–water partition coefficient (Wildman–Crippen LogP) is 4.09. The summed E-state index contributed by atoms with van der Waals surface area (Å²) >= 11 is 0. The van der Waals surface area contributed by atoms with Crippen molar-refractivity contribution >= 4 is 17.0 Å². The summed E-state index contributed by atoms with van der Waals surface area (Å²) in [4.78, 5) is 17.3. The van der Waals surface area contributed by atoms with Gasteiger partial charge in [-0.3, -0.25) is 9.78 Å². The van der Waals surface area contributed by atoms with Crippen molar-refractivity contribution in [3.8, 4) is 40.0 Å². The number of aliphatic hydroxyl groups excluding tert-OH is 1. The van der Waals surface area contributed by atoms with E-state index >= 15 is 0 Å². The molecule has 0 saturated carbocycles. The van der Waals surface area contributed by atoms with Crippen molar-refractivity contribution in [2.24, 2.45) is 0 Å². The van der Waals surface area contributed by atoms with Gasteiger partial charge in [0.1, 0.15) is 40.5 Å². The van der Waals surface area contributed by atoms with E-state index in [9.17, 15) is 15.2 Å². The number of aromatic nitrogens is 1. The van der Waals surface area contributed by atoms with Gasteiger partial charge in [-0.2, -0.15) is 5.26 Å². The van der Waals surface area contributed by atoms with Gasteiger partial charge in [-0.1, -0.05) is 6.07 Å². The number of pyridine rings is 1. The highest BCUT2D eigenvalue weighted by molar-refractivity contribution is 5.97. The quantitative estimate of drug-likeness (QED) is 0.329. The molecule has 0 bridgehead atoms. The zero-order valence-corrected chi connectivity index (χ0v) is 22.5. The fraction of sp³-hybridized carbons (Fsp3) is 0.323. The average molecular weight is 556 g/mol. The molecule has 2 aromatic carbocycles. The molecule has 2 fully saturated rings. The van der Waals surface area contributed by atoms with Gasteiger partial charge in [0, 0.05) is 36.2 Å². The van der Waals surface area contributed by atoms with Crippen molar-refractivity contribution in [2.45, 2.75) is 24.5 Å². The minimum Gasteiger partial charge on any atom is -0.496 e. The first-order valence-electron chi connectivity index (χ1n) is 13.4. The van der Waals surface area contributed by atoms with Crippen LogP contribution in [0.15, 0.2) is 59.1 Å². The van der Waals surface area contributed by atoms with Crippen LogP contribution in [0.2, 0.25) is 0 Å². The van der Waals surface area contributed by atoms with Gasteiger partial charge in [-0.15, -0.1) is 0 Å². The first kappa shape index (κ1) is 26.8. The van der Waals surface area contributed by atoms with Crippen LogP contribution >= 0.6 is 0 Å². The molecule has 2 aliphatic heterocycles. The molecular formula is C31H29N3O7. The maximum atomic E-state index is 12.9. The van der Waals surface area contributed by atoms with Crippen LogP contribution in [0.3, 0.4) is 0 Å². The third-order valence-corrected chi connectivity index (χ3v) is 7.45. The smallest absolute Gasteiger partial charge is 0.252 e. The van der Waals surface area contributed by atoms with Crippen LogP contribution < -0.4 is 14.8 Å². The number of nitrogens with one attached hydrogen (secondary N) is 1. The molecule has 0 unspecified atom stereocenters. The standard InChI is InChI=1S/C31H29N3O7/c1-37-27-13-20(30(36)34-31(16-35)17-39-18-31)2-4-24(27)28-14-25-29(41-28)23(6-9-33-25)19-3-5-26(21(12-19)15-32)40-22-7-10-38-11-8-22/h2-6,9,12-14,22,35H,7-8,10-11,16-18H2,1H3,(H,34,36). The van der Waals surface area contributed by atoms with E-state index in [2.05, 4.69) is 16.4 Å². The van der Waals surface area contributed by atoms with Crippen LogP contribution in [0, 0.1) is 11.3 Å². The number of hydrogen-bond donors (Lipinski definition) is 2. The van der Waals surface area contributed by atoms with Gasteiger partial charge in [-0.25, -0.2) is 0 Å². The van der Waals surface area contributed by atoms with E-state index in [0.29, 0.717) is 58.3 Å². The third-order valence-electron chi connectivity index (χ3n) is 7.45. The zero-order valence-electron chi connectivity index (χ0n) is 22.5. The molecule has 41 heavy (non-hydrogen) atoms. The number of fused-ring (bicyclic) bond motifs is 1. The summed E-state index contributed by atoms with van der Waals surface area (Å²) in [5.74, 6) is 1.18. The Morgan fingerprint density at radius 1 is 1.10 bits per heavy atom. The second-order valence-electron chi connectivity index (χ2n) is 10.2. The van der Waals surface area contributed by atoms with Crippen molar-refractivity contribution in [1.29, 1.82) is 5.26 Å². The number of furan rings is 1. The van der Waals surface area contributed by atoms with E-state index in [-0.39, 0.29) is 31.8 Å². The SMILES string of the molecule is COc1cc(C(=O)NC2(CO)COC2)ccc1-c1cc2nccc(-c3ccc(OC4CCOCC4)c(C#N)c3)c2o1.